The van der Waals surface area contributed by atoms with Gasteiger partial charge in [-0.1, -0.05) is 0 Å². The summed E-state index contributed by atoms with van der Waals surface area (Å²) in [6, 6.07) is 6.06. The monoisotopic (exact) mass is 263 g/mol. The number of likely N-dealkylation sites (tertiary alicyclic amines) is 1. The molecule has 0 radical (unpaired) electrons. The molecule has 19 heavy (non-hydrogen) atoms. The second-order valence-electron chi connectivity index (χ2n) is 5.92. The zero-order valence-corrected chi connectivity index (χ0v) is 11.5. The van der Waals surface area contributed by atoms with E-state index in [1.165, 1.54) is 25.3 Å². The maximum atomic E-state index is 13.3. The Morgan fingerprint density at radius 3 is 2.89 bits per heavy atom. The fraction of sp³-hybridized carbons (Fsp3) is 0.600. The summed E-state index contributed by atoms with van der Waals surface area (Å²) < 4.78 is 13.3. The minimum atomic E-state index is -0.197. The summed E-state index contributed by atoms with van der Waals surface area (Å²) in [5.74, 6) is -0.197. The molecule has 2 bridgehead atoms. The zero-order chi connectivity index (χ0) is 13.4. The second kappa shape index (κ2) is 5.10. The standard InChI is InChI=1S/C15H22FN3/c1-18-13-3-4-14(18)10-19(7-6-13)9-11-8-12(16)2-5-15(11)17/h2,5,8,13-14H,3-4,6-7,9-10,17H2,1H3. The van der Waals surface area contributed by atoms with Crippen LogP contribution < -0.4 is 5.73 Å². The van der Waals surface area contributed by atoms with E-state index in [0.717, 1.165) is 31.2 Å². The first kappa shape index (κ1) is 12.9. The van der Waals surface area contributed by atoms with E-state index in [0.29, 0.717) is 11.7 Å². The van der Waals surface area contributed by atoms with Gasteiger partial charge in [-0.3, -0.25) is 9.80 Å². The Hall–Kier alpha value is -1.13. The van der Waals surface area contributed by atoms with Gasteiger partial charge in [0.05, 0.1) is 0 Å². The highest BCUT2D eigenvalue weighted by atomic mass is 19.1. The molecule has 2 unspecified atom stereocenters. The first-order valence-electron chi connectivity index (χ1n) is 7.11. The predicted octanol–water partition coefficient (Wildman–Crippen LogP) is 2.08. The summed E-state index contributed by atoms with van der Waals surface area (Å²) in [4.78, 5) is 4.94. The number of nitrogens with zero attached hydrogens (tertiary/aromatic N) is 2. The molecule has 104 valence electrons. The van der Waals surface area contributed by atoms with Crippen molar-refractivity contribution in [2.75, 3.05) is 25.9 Å². The van der Waals surface area contributed by atoms with Crippen molar-refractivity contribution < 1.29 is 4.39 Å². The van der Waals surface area contributed by atoms with Gasteiger partial charge in [-0.05, 0) is 50.1 Å². The maximum Gasteiger partial charge on any atom is 0.123 e. The van der Waals surface area contributed by atoms with E-state index in [4.69, 9.17) is 5.73 Å². The Morgan fingerprint density at radius 1 is 1.26 bits per heavy atom. The predicted molar refractivity (Wildman–Crippen MR) is 75.3 cm³/mol. The van der Waals surface area contributed by atoms with Crippen LogP contribution in [0.15, 0.2) is 18.2 Å². The Bertz CT molecular complexity index is 463. The van der Waals surface area contributed by atoms with Crippen LogP contribution in [-0.2, 0) is 6.54 Å². The molecule has 1 aromatic carbocycles. The van der Waals surface area contributed by atoms with Gasteiger partial charge in [-0.25, -0.2) is 4.39 Å². The molecule has 1 aromatic rings. The summed E-state index contributed by atoms with van der Waals surface area (Å²) >= 11 is 0. The van der Waals surface area contributed by atoms with Crippen molar-refractivity contribution in [2.45, 2.75) is 37.9 Å². The summed E-state index contributed by atoms with van der Waals surface area (Å²) in [5.41, 5.74) is 7.56. The molecule has 2 atom stereocenters. The van der Waals surface area contributed by atoms with E-state index in [9.17, 15) is 4.39 Å². The molecule has 3 nitrogen and oxygen atoms in total. The number of hydrogen-bond acceptors (Lipinski definition) is 3. The molecule has 3 rings (SSSR count). The van der Waals surface area contributed by atoms with E-state index in [1.54, 1.807) is 12.1 Å². The molecule has 2 fully saturated rings. The van der Waals surface area contributed by atoms with Crippen LogP contribution >= 0.6 is 0 Å². The third-order valence-corrected chi connectivity index (χ3v) is 4.73. The third-order valence-electron chi connectivity index (χ3n) is 4.73. The number of nitrogens with two attached hydrogens (primary N) is 1. The molecule has 0 aromatic heterocycles. The first-order chi connectivity index (χ1) is 9.13. The molecular weight excluding hydrogens is 241 g/mol. The number of hydrogen-bond donors (Lipinski definition) is 1. The number of fused-ring (bicyclic) bond motifs is 2. The van der Waals surface area contributed by atoms with Crippen molar-refractivity contribution in [3.63, 3.8) is 0 Å². The highest BCUT2D eigenvalue weighted by Crippen LogP contribution is 2.29. The maximum absolute atomic E-state index is 13.3. The molecule has 0 amide bonds. The SMILES string of the molecule is CN1C2CCC1CN(Cc1cc(F)ccc1N)CC2. The zero-order valence-electron chi connectivity index (χ0n) is 11.5. The molecular formula is C15H22FN3. The molecule has 2 aliphatic rings. The minimum absolute atomic E-state index is 0.197. The lowest BCUT2D eigenvalue weighted by atomic mass is 10.1. The third kappa shape index (κ3) is 2.60. The molecule has 0 aliphatic carbocycles. The minimum Gasteiger partial charge on any atom is -0.398 e. The molecule has 2 aliphatic heterocycles. The lowest BCUT2D eigenvalue weighted by molar-refractivity contribution is 0.215. The molecule has 2 saturated heterocycles. The van der Waals surface area contributed by atoms with E-state index in [2.05, 4.69) is 16.8 Å². The second-order valence-corrected chi connectivity index (χ2v) is 5.92. The lowest BCUT2D eigenvalue weighted by Gasteiger charge is -2.26. The highest BCUT2D eigenvalue weighted by molar-refractivity contribution is 5.46. The van der Waals surface area contributed by atoms with Crippen molar-refractivity contribution in [2.24, 2.45) is 0 Å². The number of anilines is 1. The number of benzene rings is 1. The molecule has 0 spiro atoms. The average Bonchev–Trinajstić information content (AvgIpc) is 2.62. The Balaban J connectivity index is 1.72. The van der Waals surface area contributed by atoms with Gasteiger partial charge in [0, 0.05) is 37.4 Å². The Kier molecular flexibility index (Phi) is 3.46. The van der Waals surface area contributed by atoms with Crippen LogP contribution in [-0.4, -0.2) is 42.0 Å². The van der Waals surface area contributed by atoms with Crippen LogP contribution in [0.3, 0.4) is 0 Å². The van der Waals surface area contributed by atoms with Crippen molar-refractivity contribution >= 4 is 5.69 Å². The number of nitrogen functional groups attached to an aromatic ring is 1. The van der Waals surface area contributed by atoms with Crippen LogP contribution in [0.25, 0.3) is 0 Å². The molecule has 2 heterocycles. The van der Waals surface area contributed by atoms with Crippen LogP contribution in [0.1, 0.15) is 24.8 Å². The summed E-state index contributed by atoms with van der Waals surface area (Å²) in [6.45, 7) is 2.92. The Morgan fingerprint density at radius 2 is 2.05 bits per heavy atom. The van der Waals surface area contributed by atoms with E-state index < -0.39 is 0 Å². The number of likely N-dealkylation sites (N-methyl/N-ethyl adjacent to an activating group) is 1. The van der Waals surface area contributed by atoms with Gasteiger partial charge in [0.1, 0.15) is 5.82 Å². The van der Waals surface area contributed by atoms with Crippen molar-refractivity contribution in [3.8, 4) is 0 Å². The fourth-order valence-electron chi connectivity index (χ4n) is 3.47. The summed E-state index contributed by atoms with van der Waals surface area (Å²) in [7, 11) is 2.24. The number of halogens is 1. The number of rotatable bonds is 2. The topological polar surface area (TPSA) is 32.5 Å². The fourth-order valence-corrected chi connectivity index (χ4v) is 3.47. The Labute approximate surface area is 114 Å². The normalized spacial score (nSPS) is 28.5. The van der Waals surface area contributed by atoms with Gasteiger partial charge < -0.3 is 5.73 Å². The van der Waals surface area contributed by atoms with Crippen LogP contribution in [0.4, 0.5) is 10.1 Å². The van der Waals surface area contributed by atoms with Gasteiger partial charge in [0.25, 0.3) is 0 Å². The first-order valence-corrected chi connectivity index (χ1v) is 7.11. The van der Waals surface area contributed by atoms with E-state index in [-0.39, 0.29) is 5.82 Å². The summed E-state index contributed by atoms with van der Waals surface area (Å²) in [5, 5.41) is 0. The largest absolute Gasteiger partial charge is 0.398 e. The highest BCUT2D eigenvalue weighted by Gasteiger charge is 2.34. The lowest BCUT2D eigenvalue weighted by Crippen LogP contribution is -2.36. The van der Waals surface area contributed by atoms with Gasteiger partial charge in [0.15, 0.2) is 0 Å². The van der Waals surface area contributed by atoms with Gasteiger partial charge in [-0.15, -0.1) is 0 Å². The average molecular weight is 263 g/mol. The van der Waals surface area contributed by atoms with Gasteiger partial charge in [0.2, 0.25) is 0 Å². The van der Waals surface area contributed by atoms with E-state index >= 15 is 0 Å². The van der Waals surface area contributed by atoms with Crippen LogP contribution in [0.5, 0.6) is 0 Å². The van der Waals surface area contributed by atoms with Gasteiger partial charge in [-0.2, -0.15) is 0 Å². The smallest absolute Gasteiger partial charge is 0.123 e. The van der Waals surface area contributed by atoms with E-state index in [1.807, 2.05) is 0 Å². The van der Waals surface area contributed by atoms with Crippen molar-refractivity contribution in [1.82, 2.24) is 9.80 Å². The molecule has 4 heteroatoms. The summed E-state index contributed by atoms with van der Waals surface area (Å²) in [6.07, 6.45) is 3.83. The van der Waals surface area contributed by atoms with Crippen molar-refractivity contribution in [1.29, 1.82) is 0 Å². The van der Waals surface area contributed by atoms with Gasteiger partial charge >= 0.3 is 0 Å². The van der Waals surface area contributed by atoms with Crippen molar-refractivity contribution in [3.05, 3.63) is 29.6 Å². The van der Waals surface area contributed by atoms with Crippen LogP contribution in [0, 0.1) is 5.82 Å². The molecule has 0 saturated carbocycles. The van der Waals surface area contributed by atoms with Crippen LogP contribution in [0.2, 0.25) is 0 Å². The quantitative estimate of drug-likeness (QED) is 0.829. The molecule has 2 N–H and O–H groups in total.